The Kier molecular flexibility index (Phi) is 3.11. The predicted molar refractivity (Wildman–Crippen MR) is 76.5 cm³/mol. The monoisotopic (exact) mass is 255 g/mol. The quantitative estimate of drug-likeness (QED) is 0.862. The van der Waals surface area contributed by atoms with E-state index in [2.05, 4.69) is 18.2 Å². The van der Waals surface area contributed by atoms with Crippen LogP contribution in [0, 0.1) is 5.82 Å². The van der Waals surface area contributed by atoms with Crippen molar-refractivity contribution in [1.82, 2.24) is 0 Å². The van der Waals surface area contributed by atoms with Gasteiger partial charge in [-0.2, -0.15) is 0 Å². The molecule has 98 valence electrons. The summed E-state index contributed by atoms with van der Waals surface area (Å²) < 4.78 is 13.5. The molecule has 0 radical (unpaired) electrons. The number of halogens is 1. The van der Waals surface area contributed by atoms with Gasteiger partial charge < -0.3 is 5.73 Å². The van der Waals surface area contributed by atoms with Crippen molar-refractivity contribution in [3.63, 3.8) is 0 Å². The summed E-state index contributed by atoms with van der Waals surface area (Å²) in [7, 11) is 0. The topological polar surface area (TPSA) is 26.0 Å². The van der Waals surface area contributed by atoms with Crippen molar-refractivity contribution >= 4 is 0 Å². The van der Waals surface area contributed by atoms with E-state index in [1.807, 2.05) is 6.92 Å². The third-order valence-corrected chi connectivity index (χ3v) is 3.92. The zero-order valence-corrected chi connectivity index (χ0v) is 11.1. The smallest absolute Gasteiger partial charge is 0.123 e. The van der Waals surface area contributed by atoms with Crippen LogP contribution in [-0.2, 0) is 12.8 Å². The fourth-order valence-electron chi connectivity index (χ4n) is 2.91. The van der Waals surface area contributed by atoms with Crippen molar-refractivity contribution in [2.75, 3.05) is 0 Å². The molecule has 0 fully saturated rings. The summed E-state index contributed by atoms with van der Waals surface area (Å²) >= 11 is 0. The second kappa shape index (κ2) is 4.78. The Labute approximate surface area is 113 Å². The van der Waals surface area contributed by atoms with E-state index in [4.69, 9.17) is 5.73 Å². The molecule has 19 heavy (non-hydrogen) atoms. The van der Waals surface area contributed by atoms with Crippen LogP contribution in [0.2, 0.25) is 0 Å². The molecule has 2 aromatic carbocycles. The number of benzene rings is 2. The molecule has 0 bridgehead atoms. The van der Waals surface area contributed by atoms with Gasteiger partial charge in [0.15, 0.2) is 0 Å². The van der Waals surface area contributed by atoms with Crippen LogP contribution in [0.5, 0.6) is 0 Å². The molecule has 1 nitrogen and oxygen atoms in total. The molecule has 2 N–H and O–H groups in total. The first-order chi connectivity index (χ1) is 9.15. The van der Waals surface area contributed by atoms with E-state index in [1.54, 1.807) is 12.1 Å². The van der Waals surface area contributed by atoms with Gasteiger partial charge in [0.2, 0.25) is 0 Å². The standard InChI is InChI=1S/C17H18FN/c1-11(19)16-8-7-15(18)10-17(16)14-6-5-12-3-2-4-13(12)9-14/h5-11H,2-4,19H2,1H3. The number of hydrogen-bond donors (Lipinski definition) is 1. The lowest BCUT2D eigenvalue weighted by molar-refractivity contribution is 0.626. The van der Waals surface area contributed by atoms with E-state index in [9.17, 15) is 4.39 Å². The second-order valence-electron chi connectivity index (χ2n) is 5.36. The molecule has 0 saturated heterocycles. The average Bonchev–Trinajstić information content (AvgIpc) is 2.85. The maximum absolute atomic E-state index is 13.5. The molecule has 0 saturated carbocycles. The van der Waals surface area contributed by atoms with Crippen LogP contribution in [0.1, 0.15) is 36.1 Å². The van der Waals surface area contributed by atoms with Crippen molar-refractivity contribution in [2.24, 2.45) is 5.73 Å². The largest absolute Gasteiger partial charge is 0.324 e. The predicted octanol–water partition coefficient (Wildman–Crippen LogP) is 4.00. The highest BCUT2D eigenvalue weighted by molar-refractivity contribution is 5.69. The Morgan fingerprint density at radius 2 is 1.84 bits per heavy atom. The van der Waals surface area contributed by atoms with Gasteiger partial charge in [-0.3, -0.25) is 0 Å². The lowest BCUT2D eigenvalue weighted by atomic mass is 9.94. The van der Waals surface area contributed by atoms with Crippen LogP contribution >= 0.6 is 0 Å². The molecule has 0 amide bonds. The Bertz CT molecular complexity index is 617. The molecule has 2 heteroatoms. The van der Waals surface area contributed by atoms with Crippen molar-refractivity contribution in [3.05, 3.63) is 58.9 Å². The zero-order valence-electron chi connectivity index (χ0n) is 11.1. The molecule has 0 heterocycles. The van der Waals surface area contributed by atoms with Crippen LogP contribution in [0.15, 0.2) is 36.4 Å². The first kappa shape index (κ1) is 12.4. The highest BCUT2D eigenvalue weighted by atomic mass is 19.1. The van der Waals surface area contributed by atoms with Crippen LogP contribution in [0.4, 0.5) is 4.39 Å². The molecule has 0 aliphatic heterocycles. The summed E-state index contributed by atoms with van der Waals surface area (Å²) in [6.45, 7) is 1.93. The van der Waals surface area contributed by atoms with Gasteiger partial charge >= 0.3 is 0 Å². The third kappa shape index (κ3) is 2.28. The maximum Gasteiger partial charge on any atom is 0.123 e. The normalized spacial score (nSPS) is 15.3. The van der Waals surface area contributed by atoms with Crippen molar-refractivity contribution in [1.29, 1.82) is 0 Å². The minimum Gasteiger partial charge on any atom is -0.324 e. The van der Waals surface area contributed by atoms with Crippen molar-refractivity contribution in [3.8, 4) is 11.1 Å². The highest BCUT2D eigenvalue weighted by Crippen LogP contribution is 2.32. The maximum atomic E-state index is 13.5. The number of nitrogens with two attached hydrogens (primary N) is 1. The first-order valence-corrected chi connectivity index (χ1v) is 6.82. The molecular formula is C17H18FN. The number of hydrogen-bond acceptors (Lipinski definition) is 1. The SMILES string of the molecule is CC(N)c1ccc(F)cc1-c1ccc2c(c1)CCC2. The summed E-state index contributed by atoms with van der Waals surface area (Å²) in [5.74, 6) is -0.208. The Hall–Kier alpha value is -1.67. The van der Waals surface area contributed by atoms with Crippen LogP contribution in [0.3, 0.4) is 0 Å². The molecule has 0 spiro atoms. The van der Waals surface area contributed by atoms with Crippen LogP contribution < -0.4 is 5.73 Å². The van der Waals surface area contributed by atoms with E-state index < -0.39 is 0 Å². The fourth-order valence-corrected chi connectivity index (χ4v) is 2.91. The summed E-state index contributed by atoms with van der Waals surface area (Å²) in [4.78, 5) is 0. The van der Waals surface area contributed by atoms with Gasteiger partial charge in [0, 0.05) is 6.04 Å². The van der Waals surface area contributed by atoms with Gasteiger partial charge in [0.05, 0.1) is 0 Å². The Balaban J connectivity index is 2.13. The molecular weight excluding hydrogens is 237 g/mol. The third-order valence-electron chi connectivity index (χ3n) is 3.92. The lowest BCUT2D eigenvalue weighted by Crippen LogP contribution is -2.07. The molecule has 0 aromatic heterocycles. The van der Waals surface area contributed by atoms with Gasteiger partial charge in [-0.25, -0.2) is 4.39 Å². The van der Waals surface area contributed by atoms with E-state index in [1.165, 1.54) is 30.0 Å². The van der Waals surface area contributed by atoms with E-state index in [-0.39, 0.29) is 11.9 Å². The van der Waals surface area contributed by atoms with Crippen LogP contribution in [0.25, 0.3) is 11.1 Å². The molecule has 1 unspecified atom stereocenters. The molecule has 3 rings (SSSR count). The molecule has 1 aliphatic carbocycles. The van der Waals surface area contributed by atoms with E-state index in [0.29, 0.717) is 0 Å². The van der Waals surface area contributed by atoms with Crippen LogP contribution in [-0.4, -0.2) is 0 Å². The van der Waals surface area contributed by atoms with E-state index in [0.717, 1.165) is 23.1 Å². The summed E-state index contributed by atoms with van der Waals surface area (Å²) in [6.07, 6.45) is 3.52. The van der Waals surface area contributed by atoms with Crippen molar-refractivity contribution in [2.45, 2.75) is 32.2 Å². The van der Waals surface area contributed by atoms with Gasteiger partial charge in [-0.15, -0.1) is 0 Å². The molecule has 2 aromatic rings. The molecule has 1 aliphatic rings. The van der Waals surface area contributed by atoms with Gasteiger partial charge in [0.25, 0.3) is 0 Å². The fraction of sp³-hybridized carbons (Fsp3) is 0.294. The lowest BCUT2D eigenvalue weighted by Gasteiger charge is -2.14. The Morgan fingerprint density at radius 1 is 1.05 bits per heavy atom. The first-order valence-electron chi connectivity index (χ1n) is 6.82. The Morgan fingerprint density at radius 3 is 2.63 bits per heavy atom. The minimum atomic E-state index is -0.208. The summed E-state index contributed by atoms with van der Waals surface area (Å²) in [6, 6.07) is 11.2. The van der Waals surface area contributed by atoms with Crippen molar-refractivity contribution < 1.29 is 4.39 Å². The van der Waals surface area contributed by atoms with Gasteiger partial charge in [-0.1, -0.05) is 24.3 Å². The van der Waals surface area contributed by atoms with Gasteiger partial charge in [0.1, 0.15) is 5.82 Å². The minimum absolute atomic E-state index is 0.0937. The zero-order chi connectivity index (χ0) is 13.4. The number of aryl methyl sites for hydroxylation is 2. The number of fused-ring (bicyclic) bond motifs is 1. The molecule has 1 atom stereocenters. The summed E-state index contributed by atoms with van der Waals surface area (Å²) in [5, 5.41) is 0. The van der Waals surface area contributed by atoms with E-state index >= 15 is 0 Å². The second-order valence-corrected chi connectivity index (χ2v) is 5.36. The highest BCUT2D eigenvalue weighted by Gasteiger charge is 2.14. The van der Waals surface area contributed by atoms with Gasteiger partial charge in [-0.05, 0) is 66.1 Å². The average molecular weight is 255 g/mol. The number of rotatable bonds is 2. The summed E-state index contributed by atoms with van der Waals surface area (Å²) in [5.41, 5.74) is 11.8.